The van der Waals surface area contributed by atoms with E-state index in [4.69, 9.17) is 12.2 Å². The Kier molecular flexibility index (Phi) is 6.20. The van der Waals surface area contributed by atoms with E-state index in [1.165, 1.54) is 11.8 Å². The lowest BCUT2D eigenvalue weighted by Gasteiger charge is -2.14. The minimum Gasteiger partial charge on any atom is -0.326 e. The Morgan fingerprint density at radius 2 is 1.73 bits per heavy atom. The molecule has 6 heteroatoms. The normalized spacial score (nSPS) is 15.5. The van der Waals surface area contributed by atoms with E-state index < -0.39 is 0 Å². The van der Waals surface area contributed by atoms with E-state index in [0.717, 1.165) is 11.3 Å². The van der Waals surface area contributed by atoms with Gasteiger partial charge in [0.15, 0.2) is 0 Å². The monoisotopic (exact) mass is 382 g/mol. The van der Waals surface area contributed by atoms with Gasteiger partial charge in [-0.05, 0) is 30.2 Å². The summed E-state index contributed by atoms with van der Waals surface area (Å²) in [7, 11) is 0. The fourth-order valence-corrected chi connectivity index (χ4v) is 3.84. The number of nitrogens with zero attached hydrogens (tertiary/aromatic N) is 1. The molecular formula is C20H18N2O2S2. The number of nitrogens with one attached hydrogen (secondary N) is 1. The maximum atomic E-state index is 12.5. The molecule has 1 N–H and O–H groups in total. The Bertz CT molecular complexity index is 835. The second-order valence-corrected chi connectivity index (χ2v) is 7.44. The standard InChI is InChI=1S/C20H18N2O2S2/c23-18(21-16-10-5-2-6-11-16)12-7-13-22-19(24)17(26-20(22)25)14-15-8-3-1-4-9-15/h1-6,8-11,14H,7,12-13H2,(H,21,23)/b17-14-. The Morgan fingerprint density at radius 3 is 2.42 bits per heavy atom. The highest BCUT2D eigenvalue weighted by Crippen LogP contribution is 2.32. The topological polar surface area (TPSA) is 49.4 Å². The molecule has 3 rings (SSSR count). The van der Waals surface area contributed by atoms with Crippen LogP contribution in [-0.2, 0) is 9.59 Å². The summed E-state index contributed by atoms with van der Waals surface area (Å²) in [5, 5.41) is 2.84. The minimum atomic E-state index is -0.0904. The largest absolute Gasteiger partial charge is 0.326 e. The molecular weight excluding hydrogens is 364 g/mol. The van der Waals surface area contributed by atoms with Gasteiger partial charge >= 0.3 is 0 Å². The van der Waals surface area contributed by atoms with E-state index in [-0.39, 0.29) is 11.8 Å². The van der Waals surface area contributed by atoms with Crippen molar-refractivity contribution in [3.05, 3.63) is 71.1 Å². The number of carbonyl (C=O) groups is 2. The van der Waals surface area contributed by atoms with Gasteiger partial charge in [0.2, 0.25) is 5.91 Å². The van der Waals surface area contributed by atoms with Crippen LogP contribution in [-0.4, -0.2) is 27.6 Å². The molecule has 4 nitrogen and oxygen atoms in total. The smallest absolute Gasteiger partial charge is 0.266 e. The lowest BCUT2D eigenvalue weighted by Crippen LogP contribution is -2.29. The number of rotatable bonds is 6. The summed E-state index contributed by atoms with van der Waals surface area (Å²) in [4.78, 5) is 26.7. The van der Waals surface area contributed by atoms with Crippen molar-refractivity contribution in [1.29, 1.82) is 0 Å². The molecule has 1 aliphatic heterocycles. The third-order valence-corrected chi connectivity index (χ3v) is 5.19. The number of amides is 2. The van der Waals surface area contributed by atoms with Crippen molar-refractivity contribution in [1.82, 2.24) is 4.90 Å². The Labute approximate surface area is 162 Å². The fourth-order valence-electron chi connectivity index (χ4n) is 2.54. The number of carbonyl (C=O) groups excluding carboxylic acids is 2. The maximum Gasteiger partial charge on any atom is 0.266 e. The zero-order valence-electron chi connectivity index (χ0n) is 14.1. The lowest BCUT2D eigenvalue weighted by atomic mass is 10.2. The molecule has 2 amide bonds. The average molecular weight is 383 g/mol. The highest BCUT2D eigenvalue weighted by Gasteiger charge is 2.31. The third kappa shape index (κ3) is 4.80. The van der Waals surface area contributed by atoms with Crippen molar-refractivity contribution in [2.75, 3.05) is 11.9 Å². The number of para-hydroxylation sites is 1. The predicted molar refractivity (Wildman–Crippen MR) is 111 cm³/mol. The second-order valence-electron chi connectivity index (χ2n) is 5.76. The molecule has 132 valence electrons. The van der Waals surface area contributed by atoms with Gasteiger partial charge in [-0.1, -0.05) is 72.5 Å². The van der Waals surface area contributed by atoms with Crippen molar-refractivity contribution in [2.24, 2.45) is 0 Å². The van der Waals surface area contributed by atoms with E-state index in [0.29, 0.717) is 28.6 Å². The van der Waals surface area contributed by atoms with Crippen LogP contribution in [0.4, 0.5) is 5.69 Å². The van der Waals surface area contributed by atoms with Crippen LogP contribution in [0.2, 0.25) is 0 Å². The minimum absolute atomic E-state index is 0.0681. The fraction of sp³-hybridized carbons (Fsp3) is 0.150. The molecule has 0 unspecified atom stereocenters. The molecule has 0 radical (unpaired) electrons. The molecule has 0 atom stereocenters. The summed E-state index contributed by atoms with van der Waals surface area (Å²) in [5.41, 5.74) is 1.74. The van der Waals surface area contributed by atoms with Crippen LogP contribution in [0.15, 0.2) is 65.6 Å². The molecule has 1 fully saturated rings. The van der Waals surface area contributed by atoms with E-state index >= 15 is 0 Å². The third-order valence-electron chi connectivity index (χ3n) is 3.81. The van der Waals surface area contributed by atoms with Gasteiger partial charge in [0.05, 0.1) is 4.91 Å². The average Bonchev–Trinajstić information content (AvgIpc) is 2.91. The number of hydrogen-bond acceptors (Lipinski definition) is 4. The zero-order valence-corrected chi connectivity index (χ0v) is 15.7. The highest BCUT2D eigenvalue weighted by molar-refractivity contribution is 8.26. The first-order valence-electron chi connectivity index (χ1n) is 8.29. The summed E-state index contributed by atoms with van der Waals surface area (Å²) >= 11 is 6.63. The van der Waals surface area contributed by atoms with Gasteiger partial charge in [0.25, 0.3) is 5.91 Å². The van der Waals surface area contributed by atoms with E-state index in [1.54, 1.807) is 4.90 Å². The molecule has 1 heterocycles. The molecule has 1 saturated heterocycles. The molecule has 2 aromatic carbocycles. The number of hydrogen-bond donors (Lipinski definition) is 1. The molecule has 0 spiro atoms. The first kappa shape index (κ1) is 18.4. The Hall–Kier alpha value is -2.44. The van der Waals surface area contributed by atoms with Gasteiger partial charge in [-0.15, -0.1) is 0 Å². The molecule has 0 aromatic heterocycles. The van der Waals surface area contributed by atoms with Gasteiger partial charge < -0.3 is 5.32 Å². The molecule has 0 bridgehead atoms. The predicted octanol–water partition coefficient (Wildman–Crippen LogP) is 4.31. The molecule has 26 heavy (non-hydrogen) atoms. The first-order valence-corrected chi connectivity index (χ1v) is 9.51. The molecule has 2 aromatic rings. The van der Waals surface area contributed by atoms with Crippen molar-refractivity contribution in [2.45, 2.75) is 12.8 Å². The summed E-state index contributed by atoms with van der Waals surface area (Å²) in [6, 6.07) is 19.0. The van der Waals surface area contributed by atoms with Crippen LogP contribution in [0.25, 0.3) is 6.08 Å². The Balaban J connectivity index is 1.52. The van der Waals surface area contributed by atoms with Crippen molar-refractivity contribution < 1.29 is 9.59 Å². The number of benzene rings is 2. The van der Waals surface area contributed by atoms with Crippen LogP contribution in [0, 0.1) is 0 Å². The van der Waals surface area contributed by atoms with Crippen LogP contribution in [0.3, 0.4) is 0 Å². The molecule has 0 saturated carbocycles. The van der Waals surface area contributed by atoms with Gasteiger partial charge in [0.1, 0.15) is 4.32 Å². The SMILES string of the molecule is O=C(CCCN1C(=O)/C(=C/c2ccccc2)SC1=S)Nc1ccccc1. The Morgan fingerprint density at radius 1 is 1.08 bits per heavy atom. The van der Waals surface area contributed by atoms with Crippen molar-refractivity contribution in [3.8, 4) is 0 Å². The quantitative estimate of drug-likeness (QED) is 0.598. The highest BCUT2D eigenvalue weighted by atomic mass is 32.2. The van der Waals surface area contributed by atoms with Crippen LogP contribution in [0.1, 0.15) is 18.4 Å². The first-order chi connectivity index (χ1) is 12.6. The van der Waals surface area contributed by atoms with E-state index in [1.807, 2.05) is 66.7 Å². The maximum absolute atomic E-state index is 12.5. The van der Waals surface area contributed by atoms with Crippen LogP contribution in [0.5, 0.6) is 0 Å². The zero-order chi connectivity index (χ0) is 18.4. The number of thioether (sulfide) groups is 1. The lowest BCUT2D eigenvalue weighted by molar-refractivity contribution is -0.122. The van der Waals surface area contributed by atoms with Gasteiger partial charge in [0, 0.05) is 18.7 Å². The number of thiocarbonyl (C=S) groups is 1. The van der Waals surface area contributed by atoms with Gasteiger partial charge in [-0.3, -0.25) is 14.5 Å². The van der Waals surface area contributed by atoms with E-state index in [9.17, 15) is 9.59 Å². The molecule has 1 aliphatic rings. The number of anilines is 1. The van der Waals surface area contributed by atoms with Crippen molar-refractivity contribution in [3.63, 3.8) is 0 Å². The van der Waals surface area contributed by atoms with E-state index in [2.05, 4.69) is 5.32 Å². The summed E-state index contributed by atoms with van der Waals surface area (Å²) in [6.07, 6.45) is 2.74. The van der Waals surface area contributed by atoms with Crippen LogP contribution < -0.4 is 5.32 Å². The summed E-state index contributed by atoms with van der Waals surface area (Å²) in [6.45, 7) is 0.443. The summed E-state index contributed by atoms with van der Waals surface area (Å²) < 4.78 is 0.542. The second kappa shape index (κ2) is 8.78. The van der Waals surface area contributed by atoms with Gasteiger partial charge in [-0.2, -0.15) is 0 Å². The van der Waals surface area contributed by atoms with Gasteiger partial charge in [-0.25, -0.2) is 0 Å². The summed E-state index contributed by atoms with van der Waals surface area (Å²) in [5.74, 6) is -0.159. The molecule has 0 aliphatic carbocycles. The van der Waals surface area contributed by atoms with Crippen LogP contribution >= 0.6 is 24.0 Å². The van der Waals surface area contributed by atoms with Crippen molar-refractivity contribution >= 4 is 51.9 Å².